The molecular formula is C24H35N2P. The summed E-state index contributed by atoms with van der Waals surface area (Å²) < 4.78 is 2.45. The van der Waals surface area contributed by atoms with Gasteiger partial charge in [-0.25, -0.2) is 4.99 Å². The lowest BCUT2D eigenvalue weighted by Gasteiger charge is -2.37. The minimum absolute atomic E-state index is 0.329. The number of nitrogens with zero attached hydrogens (tertiary/aromatic N) is 2. The molecule has 0 N–H and O–H groups in total. The fourth-order valence-electron chi connectivity index (χ4n) is 3.62. The van der Waals surface area contributed by atoms with Gasteiger partial charge in [0.2, 0.25) is 0 Å². The van der Waals surface area contributed by atoms with Crippen LogP contribution >= 0.6 is 8.07 Å². The number of amidine groups is 1. The Labute approximate surface area is 167 Å². The molecule has 27 heavy (non-hydrogen) atoms. The monoisotopic (exact) mass is 382 g/mol. The van der Waals surface area contributed by atoms with Crippen LogP contribution in [0.5, 0.6) is 0 Å². The quantitative estimate of drug-likeness (QED) is 0.290. The zero-order chi connectivity index (χ0) is 20.1. The number of hydrogen-bond donors (Lipinski definition) is 0. The molecule has 0 atom stereocenters. The van der Waals surface area contributed by atoms with Crippen molar-refractivity contribution in [3.05, 3.63) is 65.2 Å². The largest absolute Gasteiger partial charge is 0.338 e. The van der Waals surface area contributed by atoms with Crippen molar-refractivity contribution in [2.24, 2.45) is 4.99 Å². The zero-order valence-corrected chi connectivity index (χ0v) is 19.1. The van der Waals surface area contributed by atoms with E-state index in [4.69, 9.17) is 4.99 Å². The van der Waals surface area contributed by atoms with Crippen LogP contribution in [0.3, 0.4) is 0 Å². The second kappa shape index (κ2) is 9.51. The minimum atomic E-state index is -0.329. The predicted octanol–water partition coefficient (Wildman–Crippen LogP) is 7.34. The second-order valence-corrected chi connectivity index (χ2v) is 11.5. The number of benzene rings is 2. The number of hydrogen-bond acceptors (Lipinski definition) is 1. The van der Waals surface area contributed by atoms with Crippen molar-refractivity contribution in [1.82, 2.24) is 4.67 Å². The summed E-state index contributed by atoms with van der Waals surface area (Å²) >= 11 is 0. The Bertz CT molecular complexity index is 752. The lowest BCUT2D eigenvalue weighted by Crippen LogP contribution is -2.28. The standard InChI is InChI=1S/C24H35N2P/c1-17(2)22-11-9-10-12-23(22)25-24(21-15-13-20(7)14-16-21)26(8)27(18(3)4)19(5)6/h9-19H,1-8H3/b25-24-. The van der Waals surface area contributed by atoms with Crippen molar-refractivity contribution < 1.29 is 0 Å². The van der Waals surface area contributed by atoms with E-state index >= 15 is 0 Å². The van der Waals surface area contributed by atoms with E-state index in [0.717, 1.165) is 11.5 Å². The van der Waals surface area contributed by atoms with E-state index in [-0.39, 0.29) is 8.07 Å². The van der Waals surface area contributed by atoms with Gasteiger partial charge in [0.1, 0.15) is 5.84 Å². The highest BCUT2D eigenvalue weighted by molar-refractivity contribution is 7.57. The highest BCUT2D eigenvalue weighted by atomic mass is 31.1. The van der Waals surface area contributed by atoms with E-state index < -0.39 is 0 Å². The molecule has 0 bridgehead atoms. The van der Waals surface area contributed by atoms with Crippen LogP contribution in [-0.2, 0) is 0 Å². The molecule has 0 aromatic heterocycles. The van der Waals surface area contributed by atoms with E-state index in [1.165, 1.54) is 16.7 Å². The van der Waals surface area contributed by atoms with Gasteiger partial charge in [0, 0.05) is 12.6 Å². The van der Waals surface area contributed by atoms with E-state index in [1.54, 1.807) is 0 Å². The average Bonchev–Trinajstić information content (AvgIpc) is 2.60. The van der Waals surface area contributed by atoms with E-state index in [1.807, 2.05) is 0 Å². The van der Waals surface area contributed by atoms with Gasteiger partial charge in [0.25, 0.3) is 0 Å². The van der Waals surface area contributed by atoms with Crippen molar-refractivity contribution in [2.45, 2.75) is 65.7 Å². The van der Waals surface area contributed by atoms with Gasteiger partial charge >= 0.3 is 0 Å². The fourth-order valence-corrected chi connectivity index (χ4v) is 6.57. The molecule has 0 heterocycles. The van der Waals surface area contributed by atoms with Crippen LogP contribution in [-0.4, -0.2) is 28.9 Å². The van der Waals surface area contributed by atoms with Crippen molar-refractivity contribution in [1.29, 1.82) is 0 Å². The van der Waals surface area contributed by atoms with Crippen molar-refractivity contribution in [3.8, 4) is 0 Å². The first-order valence-electron chi connectivity index (χ1n) is 9.99. The molecular weight excluding hydrogens is 347 g/mol. The van der Waals surface area contributed by atoms with E-state index in [2.05, 4.69) is 109 Å². The molecule has 2 rings (SSSR count). The van der Waals surface area contributed by atoms with Crippen LogP contribution in [0.2, 0.25) is 0 Å². The molecule has 3 heteroatoms. The fraction of sp³-hybridized carbons (Fsp3) is 0.458. The summed E-state index contributed by atoms with van der Waals surface area (Å²) in [5.41, 5.74) is 6.07. The maximum Gasteiger partial charge on any atom is 0.139 e. The maximum absolute atomic E-state index is 5.22. The first-order valence-corrected chi connectivity index (χ1v) is 11.4. The Kier molecular flexibility index (Phi) is 7.62. The summed E-state index contributed by atoms with van der Waals surface area (Å²) in [6, 6.07) is 17.3. The lowest BCUT2D eigenvalue weighted by atomic mass is 10.0. The Hall–Kier alpha value is -1.66. The predicted molar refractivity (Wildman–Crippen MR) is 123 cm³/mol. The van der Waals surface area contributed by atoms with Gasteiger partial charge in [-0.1, -0.05) is 89.6 Å². The van der Waals surface area contributed by atoms with E-state index in [0.29, 0.717) is 17.2 Å². The normalized spacial score (nSPS) is 12.5. The number of rotatable bonds is 6. The van der Waals surface area contributed by atoms with E-state index in [9.17, 15) is 0 Å². The second-order valence-electron chi connectivity index (χ2n) is 8.11. The Balaban J connectivity index is 2.62. The number of aryl methyl sites for hydroxylation is 1. The molecule has 0 saturated heterocycles. The summed E-state index contributed by atoms with van der Waals surface area (Å²) in [7, 11) is 1.90. The Morgan fingerprint density at radius 2 is 1.41 bits per heavy atom. The molecule has 2 aromatic rings. The molecule has 0 spiro atoms. The molecule has 0 unspecified atom stereocenters. The molecule has 0 aliphatic heterocycles. The number of aliphatic imine (C=N–C) groups is 1. The highest BCUT2D eigenvalue weighted by Gasteiger charge is 2.25. The van der Waals surface area contributed by atoms with Crippen molar-refractivity contribution in [2.75, 3.05) is 7.05 Å². The maximum atomic E-state index is 5.22. The zero-order valence-electron chi connectivity index (χ0n) is 18.2. The molecule has 0 fully saturated rings. The third-order valence-corrected chi connectivity index (χ3v) is 7.80. The smallest absolute Gasteiger partial charge is 0.139 e. The van der Waals surface area contributed by atoms with Crippen LogP contribution in [0.1, 0.15) is 64.2 Å². The van der Waals surface area contributed by atoms with Crippen molar-refractivity contribution >= 4 is 19.6 Å². The SMILES string of the molecule is Cc1ccc(/C(=N/c2ccccc2C(C)C)N(C)P(C(C)C)C(C)C)cc1. The van der Waals surface area contributed by atoms with Crippen LogP contribution in [0.15, 0.2) is 53.5 Å². The molecule has 146 valence electrons. The summed E-state index contributed by atoms with van der Waals surface area (Å²) in [5.74, 6) is 1.53. The Morgan fingerprint density at radius 1 is 0.852 bits per heavy atom. The summed E-state index contributed by atoms with van der Waals surface area (Å²) in [5, 5.41) is 0. The van der Waals surface area contributed by atoms with Gasteiger partial charge in [-0.3, -0.25) is 0 Å². The molecule has 0 amide bonds. The summed E-state index contributed by atoms with van der Waals surface area (Å²) in [6.45, 7) is 15.9. The van der Waals surface area contributed by atoms with Gasteiger partial charge in [0.05, 0.1) is 5.69 Å². The molecule has 0 aliphatic carbocycles. The molecule has 2 aromatic carbocycles. The van der Waals surface area contributed by atoms with Gasteiger partial charge in [-0.2, -0.15) is 0 Å². The molecule has 0 saturated carbocycles. The topological polar surface area (TPSA) is 15.6 Å². The summed E-state index contributed by atoms with van der Waals surface area (Å²) in [4.78, 5) is 5.22. The van der Waals surface area contributed by atoms with Gasteiger partial charge < -0.3 is 4.67 Å². The highest BCUT2D eigenvalue weighted by Crippen LogP contribution is 2.49. The molecule has 0 aliphatic rings. The van der Waals surface area contributed by atoms with Crippen molar-refractivity contribution in [3.63, 3.8) is 0 Å². The van der Waals surface area contributed by atoms with Crippen LogP contribution in [0.4, 0.5) is 5.69 Å². The summed E-state index contributed by atoms with van der Waals surface area (Å²) in [6.07, 6.45) is 0. The van der Waals surface area contributed by atoms with Gasteiger partial charge in [-0.15, -0.1) is 0 Å². The first-order chi connectivity index (χ1) is 12.7. The van der Waals surface area contributed by atoms with Gasteiger partial charge in [-0.05, 0) is 43.9 Å². The Morgan fingerprint density at radius 3 is 1.93 bits per heavy atom. The van der Waals surface area contributed by atoms with Crippen LogP contribution < -0.4 is 0 Å². The first kappa shape index (κ1) is 21.6. The van der Waals surface area contributed by atoms with Gasteiger partial charge in [0.15, 0.2) is 0 Å². The molecule has 2 nitrogen and oxygen atoms in total. The molecule has 0 radical (unpaired) electrons. The average molecular weight is 383 g/mol. The van der Waals surface area contributed by atoms with Crippen LogP contribution in [0.25, 0.3) is 0 Å². The third-order valence-electron chi connectivity index (χ3n) is 4.81. The number of para-hydroxylation sites is 1. The lowest BCUT2D eigenvalue weighted by molar-refractivity contribution is 0.768. The third kappa shape index (κ3) is 5.42. The minimum Gasteiger partial charge on any atom is -0.338 e. The van der Waals surface area contributed by atoms with Crippen LogP contribution in [0, 0.1) is 6.92 Å².